The van der Waals surface area contributed by atoms with Crippen molar-refractivity contribution in [1.82, 2.24) is 10.2 Å². The van der Waals surface area contributed by atoms with Crippen LogP contribution in [0.15, 0.2) is 24.3 Å². The third kappa shape index (κ3) is 4.08. The average Bonchev–Trinajstić information content (AvgIpc) is 3.45. The molecule has 0 aliphatic carbocycles. The van der Waals surface area contributed by atoms with Gasteiger partial charge in [-0.15, -0.1) is 0 Å². The number of aliphatic hydroxyl groups is 1. The van der Waals surface area contributed by atoms with E-state index in [0.29, 0.717) is 50.2 Å². The molecule has 1 spiro atoms. The number of likely N-dealkylation sites (tertiary alicyclic amines) is 1. The molecule has 3 N–H and O–H groups in total. The molecular formula is C24H33N3O6. The van der Waals surface area contributed by atoms with E-state index in [1.165, 1.54) is 0 Å². The fourth-order valence-electron chi connectivity index (χ4n) is 5.64. The van der Waals surface area contributed by atoms with Crippen LogP contribution in [0.25, 0.3) is 0 Å². The summed E-state index contributed by atoms with van der Waals surface area (Å²) in [6.07, 6.45) is 2.74. The van der Waals surface area contributed by atoms with Gasteiger partial charge in [-0.2, -0.15) is 0 Å². The standard InChI is InChI=1S/C24H33N3O6/c1-3-12-25-21(29)18-17-10-11-24(33-17)19(18)23(31)27(13-4-5-14-28)20(24)22(30)26-15-6-8-16(32-2)9-7-15/h6-9,17-20,28H,3-5,10-14H2,1-2H3,(H,25,29)(H,26,30)/t17-,18+,19+,20?,24?/m1/s1. The van der Waals surface area contributed by atoms with Crippen LogP contribution in [0.2, 0.25) is 0 Å². The van der Waals surface area contributed by atoms with Crippen molar-refractivity contribution in [2.24, 2.45) is 11.8 Å². The molecule has 3 fully saturated rings. The summed E-state index contributed by atoms with van der Waals surface area (Å²) < 4.78 is 11.5. The highest BCUT2D eigenvalue weighted by molar-refractivity contribution is 6.03. The minimum Gasteiger partial charge on any atom is -0.497 e. The van der Waals surface area contributed by atoms with Gasteiger partial charge >= 0.3 is 0 Å². The normalized spacial score (nSPS) is 29.8. The molecule has 2 unspecified atom stereocenters. The molecule has 180 valence electrons. The first-order valence-electron chi connectivity index (χ1n) is 11.8. The Kier molecular flexibility index (Phi) is 6.90. The topological polar surface area (TPSA) is 117 Å². The average molecular weight is 460 g/mol. The number of aliphatic hydroxyl groups excluding tert-OH is 1. The molecule has 3 aliphatic rings. The first-order valence-corrected chi connectivity index (χ1v) is 11.8. The Balaban J connectivity index is 1.62. The monoisotopic (exact) mass is 459 g/mol. The van der Waals surface area contributed by atoms with Crippen molar-refractivity contribution in [2.75, 3.05) is 32.1 Å². The Morgan fingerprint density at radius 2 is 2.00 bits per heavy atom. The van der Waals surface area contributed by atoms with E-state index in [9.17, 15) is 19.5 Å². The lowest BCUT2D eigenvalue weighted by Gasteiger charge is -2.33. The molecule has 3 heterocycles. The summed E-state index contributed by atoms with van der Waals surface area (Å²) in [7, 11) is 1.57. The van der Waals surface area contributed by atoms with Crippen LogP contribution in [0, 0.1) is 11.8 Å². The maximum Gasteiger partial charge on any atom is 0.250 e. The molecule has 9 heteroatoms. The molecule has 33 heavy (non-hydrogen) atoms. The smallest absolute Gasteiger partial charge is 0.250 e. The van der Waals surface area contributed by atoms with Gasteiger partial charge in [0.25, 0.3) is 0 Å². The van der Waals surface area contributed by atoms with Crippen LogP contribution in [0.3, 0.4) is 0 Å². The number of hydrogen-bond acceptors (Lipinski definition) is 6. The van der Waals surface area contributed by atoms with E-state index in [2.05, 4.69) is 10.6 Å². The van der Waals surface area contributed by atoms with E-state index in [1.807, 2.05) is 6.92 Å². The summed E-state index contributed by atoms with van der Waals surface area (Å²) in [4.78, 5) is 41.7. The molecule has 0 radical (unpaired) electrons. The van der Waals surface area contributed by atoms with Crippen LogP contribution in [0.4, 0.5) is 5.69 Å². The van der Waals surface area contributed by atoms with Crippen LogP contribution in [-0.2, 0) is 19.1 Å². The van der Waals surface area contributed by atoms with E-state index < -0.39 is 23.5 Å². The summed E-state index contributed by atoms with van der Waals surface area (Å²) >= 11 is 0. The van der Waals surface area contributed by atoms with E-state index in [1.54, 1.807) is 36.3 Å². The number of methoxy groups -OCH3 is 1. The summed E-state index contributed by atoms with van der Waals surface area (Å²) in [6, 6.07) is 6.16. The number of rotatable bonds is 10. The Morgan fingerprint density at radius 1 is 1.24 bits per heavy atom. The maximum absolute atomic E-state index is 13.6. The molecular weight excluding hydrogens is 426 g/mol. The number of unbranched alkanes of at least 4 members (excludes halogenated alkanes) is 1. The van der Waals surface area contributed by atoms with Crippen molar-refractivity contribution in [3.63, 3.8) is 0 Å². The van der Waals surface area contributed by atoms with Crippen LogP contribution >= 0.6 is 0 Å². The van der Waals surface area contributed by atoms with Gasteiger partial charge in [-0.3, -0.25) is 14.4 Å². The molecule has 5 atom stereocenters. The van der Waals surface area contributed by atoms with Gasteiger partial charge in [-0.05, 0) is 56.4 Å². The largest absolute Gasteiger partial charge is 0.497 e. The molecule has 1 aromatic rings. The zero-order valence-electron chi connectivity index (χ0n) is 19.2. The summed E-state index contributed by atoms with van der Waals surface area (Å²) in [5.74, 6) is -1.29. The van der Waals surface area contributed by atoms with Gasteiger partial charge in [0.15, 0.2) is 0 Å². The molecule has 0 aromatic heterocycles. The lowest BCUT2D eigenvalue weighted by atomic mass is 9.70. The number of nitrogens with zero attached hydrogens (tertiary/aromatic N) is 1. The van der Waals surface area contributed by atoms with Crippen molar-refractivity contribution >= 4 is 23.4 Å². The number of carbonyl (C=O) groups is 3. The van der Waals surface area contributed by atoms with Crippen molar-refractivity contribution in [2.45, 2.75) is 56.8 Å². The Morgan fingerprint density at radius 3 is 2.67 bits per heavy atom. The number of amides is 3. The van der Waals surface area contributed by atoms with Gasteiger partial charge in [-0.1, -0.05) is 6.92 Å². The molecule has 0 saturated carbocycles. The van der Waals surface area contributed by atoms with Crippen molar-refractivity contribution in [3.05, 3.63) is 24.3 Å². The van der Waals surface area contributed by atoms with Gasteiger partial charge in [0.1, 0.15) is 17.4 Å². The minimum absolute atomic E-state index is 0.0138. The Labute approximate surface area is 193 Å². The minimum atomic E-state index is -1.01. The SMILES string of the molecule is CCCNC(=O)[C@@H]1[C@H]2C(=O)N(CCCCO)C(C(=O)Nc3ccc(OC)cc3)C23CC[C@H]1O3. The zero-order valence-corrected chi connectivity index (χ0v) is 19.2. The molecule has 1 aromatic carbocycles. The second kappa shape index (κ2) is 9.69. The van der Waals surface area contributed by atoms with Crippen molar-refractivity contribution in [3.8, 4) is 5.75 Å². The number of benzene rings is 1. The number of ether oxygens (including phenoxy) is 2. The predicted molar refractivity (Wildman–Crippen MR) is 121 cm³/mol. The summed E-state index contributed by atoms with van der Waals surface area (Å²) in [6.45, 7) is 2.86. The third-order valence-corrected chi connectivity index (χ3v) is 7.07. The highest BCUT2D eigenvalue weighted by atomic mass is 16.5. The van der Waals surface area contributed by atoms with E-state index in [-0.39, 0.29) is 30.4 Å². The number of fused-ring (bicyclic) bond motifs is 1. The zero-order chi connectivity index (χ0) is 23.6. The second-order valence-corrected chi connectivity index (χ2v) is 9.03. The highest BCUT2D eigenvalue weighted by Crippen LogP contribution is 2.58. The fraction of sp³-hybridized carbons (Fsp3) is 0.625. The van der Waals surface area contributed by atoms with Crippen LogP contribution in [0.1, 0.15) is 39.0 Å². The summed E-state index contributed by atoms with van der Waals surface area (Å²) in [5, 5.41) is 15.1. The molecule has 4 rings (SSSR count). The number of carbonyl (C=O) groups excluding carboxylic acids is 3. The summed E-state index contributed by atoms with van der Waals surface area (Å²) in [5.41, 5.74) is -0.417. The number of nitrogens with one attached hydrogen (secondary N) is 2. The quantitative estimate of drug-likeness (QED) is 0.454. The van der Waals surface area contributed by atoms with Crippen LogP contribution in [0.5, 0.6) is 5.75 Å². The first kappa shape index (κ1) is 23.5. The molecule has 2 bridgehead atoms. The van der Waals surface area contributed by atoms with E-state index in [0.717, 1.165) is 6.42 Å². The van der Waals surface area contributed by atoms with Crippen LogP contribution in [-0.4, -0.2) is 72.3 Å². The first-order chi connectivity index (χ1) is 16.0. The van der Waals surface area contributed by atoms with Gasteiger partial charge in [-0.25, -0.2) is 0 Å². The fourth-order valence-corrected chi connectivity index (χ4v) is 5.64. The number of anilines is 1. The number of hydrogen-bond donors (Lipinski definition) is 3. The van der Waals surface area contributed by atoms with Crippen molar-refractivity contribution in [1.29, 1.82) is 0 Å². The van der Waals surface area contributed by atoms with Crippen LogP contribution < -0.4 is 15.4 Å². The highest BCUT2D eigenvalue weighted by Gasteiger charge is 2.74. The van der Waals surface area contributed by atoms with Gasteiger partial charge in [0.05, 0.1) is 25.0 Å². The van der Waals surface area contributed by atoms with E-state index in [4.69, 9.17) is 9.47 Å². The Hall–Kier alpha value is -2.65. The van der Waals surface area contributed by atoms with Gasteiger partial charge in [0.2, 0.25) is 17.7 Å². The molecule has 9 nitrogen and oxygen atoms in total. The molecule has 3 aliphatic heterocycles. The third-order valence-electron chi connectivity index (χ3n) is 7.07. The lowest BCUT2D eigenvalue weighted by molar-refractivity contribution is -0.140. The Bertz CT molecular complexity index is 891. The molecule has 3 saturated heterocycles. The van der Waals surface area contributed by atoms with E-state index >= 15 is 0 Å². The van der Waals surface area contributed by atoms with Crippen molar-refractivity contribution < 1.29 is 29.0 Å². The maximum atomic E-state index is 13.6. The lowest BCUT2D eigenvalue weighted by Crippen LogP contribution is -2.53. The van der Waals surface area contributed by atoms with Gasteiger partial charge in [0, 0.05) is 25.4 Å². The second-order valence-electron chi connectivity index (χ2n) is 9.03. The van der Waals surface area contributed by atoms with Gasteiger partial charge < -0.3 is 30.1 Å². The predicted octanol–water partition coefficient (Wildman–Crippen LogP) is 1.31. The molecule has 3 amide bonds.